The molecule has 1 heterocycles. The van der Waals surface area contributed by atoms with Crippen LogP contribution in [0.2, 0.25) is 0 Å². The SMILES string of the molecule is CC(O[C@@H]1O[C@H](C(=O)O)[C@@H](O)[C@H](O)[C@H]1O)c1ccccc1O. The number of ether oxygens (including phenoxy) is 2. The maximum absolute atomic E-state index is 11.0. The van der Waals surface area contributed by atoms with Gasteiger partial charge < -0.3 is 35.0 Å². The molecular weight excluding hydrogens is 296 g/mol. The number of aliphatic hydroxyl groups is 3. The van der Waals surface area contributed by atoms with E-state index in [0.717, 1.165) is 0 Å². The third-order valence-electron chi connectivity index (χ3n) is 3.53. The lowest BCUT2D eigenvalue weighted by atomic mass is 9.99. The number of rotatable bonds is 4. The zero-order valence-corrected chi connectivity index (χ0v) is 11.7. The van der Waals surface area contributed by atoms with Crippen LogP contribution in [0.1, 0.15) is 18.6 Å². The molecule has 1 aliphatic heterocycles. The van der Waals surface area contributed by atoms with E-state index in [1.807, 2.05) is 0 Å². The van der Waals surface area contributed by atoms with E-state index >= 15 is 0 Å². The molecule has 0 radical (unpaired) electrons. The summed E-state index contributed by atoms with van der Waals surface area (Å²) in [6.07, 6.45) is -9.05. The smallest absolute Gasteiger partial charge is 0.335 e. The van der Waals surface area contributed by atoms with Crippen LogP contribution in [0.3, 0.4) is 0 Å². The van der Waals surface area contributed by atoms with Crippen LogP contribution in [0.4, 0.5) is 0 Å². The minimum absolute atomic E-state index is 0.0318. The molecule has 1 fully saturated rings. The van der Waals surface area contributed by atoms with Gasteiger partial charge in [-0.15, -0.1) is 0 Å². The lowest BCUT2D eigenvalue weighted by Crippen LogP contribution is -2.60. The number of aliphatic hydroxyl groups excluding tert-OH is 3. The van der Waals surface area contributed by atoms with E-state index in [1.54, 1.807) is 25.1 Å². The van der Waals surface area contributed by atoms with Gasteiger partial charge in [-0.3, -0.25) is 0 Å². The molecule has 0 spiro atoms. The molecular formula is C14H18O8. The molecule has 8 heteroatoms. The van der Waals surface area contributed by atoms with E-state index in [0.29, 0.717) is 5.56 Å². The third kappa shape index (κ3) is 3.21. The van der Waals surface area contributed by atoms with E-state index in [4.69, 9.17) is 14.6 Å². The van der Waals surface area contributed by atoms with Crippen molar-refractivity contribution in [2.24, 2.45) is 0 Å². The summed E-state index contributed by atoms with van der Waals surface area (Å²) in [7, 11) is 0. The Balaban J connectivity index is 2.14. The van der Waals surface area contributed by atoms with Crippen molar-refractivity contribution in [1.29, 1.82) is 0 Å². The molecule has 0 aromatic heterocycles. The molecule has 0 aliphatic carbocycles. The van der Waals surface area contributed by atoms with Crippen LogP contribution in [0.15, 0.2) is 24.3 Å². The standard InChI is InChI=1S/C14H18O8/c1-6(7-4-2-3-5-8(7)15)21-14-11(18)9(16)10(17)12(22-14)13(19)20/h2-6,9-12,14-18H,1H3,(H,19,20)/t6?,9-,10-,11+,12-,14+/m0/s1. The summed E-state index contributed by atoms with van der Waals surface area (Å²) in [6.45, 7) is 1.57. The summed E-state index contributed by atoms with van der Waals surface area (Å²) in [6, 6.07) is 6.34. The number of aliphatic carboxylic acids is 1. The number of hydrogen-bond donors (Lipinski definition) is 5. The van der Waals surface area contributed by atoms with Crippen molar-refractivity contribution in [1.82, 2.24) is 0 Å². The highest BCUT2D eigenvalue weighted by Gasteiger charge is 2.48. The van der Waals surface area contributed by atoms with Crippen molar-refractivity contribution in [3.8, 4) is 5.75 Å². The quantitative estimate of drug-likeness (QED) is 0.495. The van der Waals surface area contributed by atoms with Crippen molar-refractivity contribution in [2.45, 2.75) is 43.7 Å². The molecule has 5 N–H and O–H groups in total. The Morgan fingerprint density at radius 2 is 1.82 bits per heavy atom. The van der Waals surface area contributed by atoms with Crippen LogP contribution in [-0.2, 0) is 14.3 Å². The van der Waals surface area contributed by atoms with Gasteiger partial charge in [-0.2, -0.15) is 0 Å². The highest BCUT2D eigenvalue weighted by atomic mass is 16.7. The van der Waals surface area contributed by atoms with Crippen molar-refractivity contribution >= 4 is 5.97 Å². The van der Waals surface area contributed by atoms with E-state index in [9.17, 15) is 25.2 Å². The van der Waals surface area contributed by atoms with E-state index in [-0.39, 0.29) is 5.75 Å². The van der Waals surface area contributed by atoms with Crippen molar-refractivity contribution in [3.05, 3.63) is 29.8 Å². The number of carbonyl (C=O) groups is 1. The second-order valence-corrected chi connectivity index (χ2v) is 5.07. The van der Waals surface area contributed by atoms with Gasteiger partial charge in [0.15, 0.2) is 12.4 Å². The monoisotopic (exact) mass is 314 g/mol. The molecule has 0 bridgehead atoms. The summed E-state index contributed by atoms with van der Waals surface area (Å²) in [5.41, 5.74) is 0.408. The molecule has 1 aromatic carbocycles. The van der Waals surface area contributed by atoms with Gasteiger partial charge in [0.05, 0.1) is 6.10 Å². The molecule has 1 aromatic rings. The maximum atomic E-state index is 11.0. The van der Waals surface area contributed by atoms with Gasteiger partial charge in [0.25, 0.3) is 0 Å². The van der Waals surface area contributed by atoms with Crippen molar-refractivity contribution in [2.75, 3.05) is 0 Å². The number of phenols is 1. The maximum Gasteiger partial charge on any atom is 0.335 e. The predicted octanol–water partition coefficient (Wildman–Crippen LogP) is -0.638. The summed E-state index contributed by atoms with van der Waals surface area (Å²) in [5, 5.41) is 47.8. The third-order valence-corrected chi connectivity index (χ3v) is 3.53. The summed E-state index contributed by atoms with van der Waals surface area (Å²) < 4.78 is 10.4. The van der Waals surface area contributed by atoms with Gasteiger partial charge in [0, 0.05) is 5.56 Å². The first-order chi connectivity index (χ1) is 10.3. The van der Waals surface area contributed by atoms with Crippen LogP contribution in [0, 0.1) is 0 Å². The molecule has 1 aliphatic rings. The largest absolute Gasteiger partial charge is 0.508 e. The first-order valence-electron chi connectivity index (χ1n) is 6.68. The fraction of sp³-hybridized carbons (Fsp3) is 0.500. The Labute approximate surface area is 126 Å². The molecule has 0 saturated carbocycles. The zero-order chi connectivity index (χ0) is 16.4. The summed E-state index contributed by atoms with van der Waals surface area (Å²) in [5.74, 6) is -1.52. The van der Waals surface area contributed by atoms with Crippen LogP contribution in [-0.4, -0.2) is 62.2 Å². The lowest BCUT2D eigenvalue weighted by molar-refractivity contribution is -0.304. The summed E-state index contributed by atoms with van der Waals surface area (Å²) >= 11 is 0. The number of aromatic hydroxyl groups is 1. The fourth-order valence-electron chi connectivity index (χ4n) is 2.27. The van der Waals surface area contributed by atoms with E-state index in [2.05, 4.69) is 0 Å². The normalized spacial score (nSPS) is 33.4. The van der Waals surface area contributed by atoms with E-state index < -0.39 is 42.8 Å². The molecule has 6 atom stereocenters. The first kappa shape index (κ1) is 16.7. The Hall–Kier alpha value is -1.71. The highest BCUT2D eigenvalue weighted by Crippen LogP contribution is 2.30. The average Bonchev–Trinajstić information content (AvgIpc) is 2.47. The number of hydrogen-bond acceptors (Lipinski definition) is 7. The Bertz CT molecular complexity index is 533. The van der Waals surface area contributed by atoms with Crippen LogP contribution in [0.5, 0.6) is 5.75 Å². The highest BCUT2D eigenvalue weighted by molar-refractivity contribution is 5.73. The van der Waals surface area contributed by atoms with Gasteiger partial charge in [-0.05, 0) is 13.0 Å². The van der Waals surface area contributed by atoms with Crippen molar-refractivity contribution in [3.63, 3.8) is 0 Å². The zero-order valence-electron chi connectivity index (χ0n) is 11.7. The van der Waals surface area contributed by atoms with Crippen LogP contribution in [0.25, 0.3) is 0 Å². The molecule has 1 unspecified atom stereocenters. The van der Waals surface area contributed by atoms with Gasteiger partial charge in [0.1, 0.15) is 24.1 Å². The van der Waals surface area contributed by atoms with Gasteiger partial charge in [-0.1, -0.05) is 18.2 Å². The fourth-order valence-corrected chi connectivity index (χ4v) is 2.27. The molecule has 8 nitrogen and oxygen atoms in total. The van der Waals surface area contributed by atoms with Crippen LogP contribution >= 0.6 is 0 Å². The van der Waals surface area contributed by atoms with Gasteiger partial charge in [0.2, 0.25) is 0 Å². The minimum atomic E-state index is -1.77. The molecule has 0 amide bonds. The van der Waals surface area contributed by atoms with Crippen molar-refractivity contribution < 1.29 is 39.8 Å². The second kappa shape index (κ2) is 6.59. The lowest BCUT2D eigenvalue weighted by Gasteiger charge is -2.39. The summed E-state index contributed by atoms with van der Waals surface area (Å²) in [4.78, 5) is 11.0. The topological polar surface area (TPSA) is 137 Å². The molecule has 22 heavy (non-hydrogen) atoms. The number of phenolic OH excluding ortho intramolecular Hbond substituents is 1. The second-order valence-electron chi connectivity index (χ2n) is 5.07. The number of carboxylic acid groups (broad SMARTS) is 1. The average molecular weight is 314 g/mol. The van der Waals surface area contributed by atoms with Gasteiger partial charge in [-0.25, -0.2) is 4.79 Å². The van der Waals surface area contributed by atoms with Crippen LogP contribution < -0.4 is 0 Å². The number of benzene rings is 1. The predicted molar refractivity (Wildman–Crippen MR) is 71.9 cm³/mol. The molecule has 122 valence electrons. The Kier molecular flexibility index (Phi) is 4.99. The molecule has 2 rings (SSSR count). The first-order valence-corrected chi connectivity index (χ1v) is 6.68. The Morgan fingerprint density at radius 3 is 2.41 bits per heavy atom. The Morgan fingerprint density at radius 1 is 1.18 bits per heavy atom. The number of para-hydroxylation sites is 1. The number of carboxylic acids is 1. The van der Waals surface area contributed by atoms with Gasteiger partial charge >= 0.3 is 5.97 Å². The molecule has 1 saturated heterocycles. The van der Waals surface area contributed by atoms with E-state index in [1.165, 1.54) is 6.07 Å². The minimum Gasteiger partial charge on any atom is -0.508 e.